The van der Waals surface area contributed by atoms with Crippen molar-refractivity contribution in [3.05, 3.63) is 29.8 Å². The number of nitrogens with zero attached hydrogens (tertiary/aromatic N) is 3. The number of fused-ring (bicyclic) bond motifs is 1. The lowest BCUT2D eigenvalue weighted by Crippen LogP contribution is -2.26. The zero-order valence-corrected chi connectivity index (χ0v) is 20.3. The van der Waals surface area contributed by atoms with E-state index in [0.717, 1.165) is 17.6 Å². The van der Waals surface area contributed by atoms with Gasteiger partial charge in [-0.05, 0) is 30.0 Å². The first-order valence-corrected chi connectivity index (χ1v) is 14.1. The molecule has 174 valence electrons. The number of sulfone groups is 2. The fourth-order valence-electron chi connectivity index (χ4n) is 3.12. The molecule has 0 saturated carbocycles. The molecule has 2 aromatic heterocycles. The Bertz CT molecular complexity index is 1320. The molecule has 1 aromatic carbocycles. The van der Waals surface area contributed by atoms with Gasteiger partial charge >= 0.3 is 0 Å². The van der Waals surface area contributed by atoms with Crippen LogP contribution in [0.15, 0.2) is 34.3 Å². The van der Waals surface area contributed by atoms with Gasteiger partial charge in [-0.2, -0.15) is 9.97 Å². The predicted octanol–water partition coefficient (Wildman–Crippen LogP) is 1.86. The summed E-state index contributed by atoms with van der Waals surface area (Å²) in [4.78, 5) is 12.5. The van der Waals surface area contributed by atoms with Crippen LogP contribution in [0.5, 0.6) is 0 Å². The number of benzene rings is 1. The minimum absolute atomic E-state index is 0.0981. The lowest BCUT2D eigenvalue weighted by atomic mass is 10.0. The van der Waals surface area contributed by atoms with Crippen molar-refractivity contribution < 1.29 is 21.9 Å². The number of nitrogen functional groups attached to an aromatic ring is 1. The third kappa shape index (κ3) is 5.71. The molecule has 0 bridgehead atoms. The lowest BCUT2D eigenvalue weighted by molar-refractivity contribution is 0.259. The van der Waals surface area contributed by atoms with Gasteiger partial charge in [-0.1, -0.05) is 37.3 Å². The van der Waals surface area contributed by atoms with Gasteiger partial charge in [0.25, 0.3) is 5.16 Å². The van der Waals surface area contributed by atoms with E-state index in [1.807, 2.05) is 13.8 Å². The van der Waals surface area contributed by atoms with Gasteiger partial charge in [-0.3, -0.25) is 0 Å². The Hall–Kier alpha value is -2.35. The molecule has 0 aliphatic rings. The minimum atomic E-state index is -3.98. The van der Waals surface area contributed by atoms with E-state index in [-0.39, 0.29) is 34.1 Å². The molecule has 13 heteroatoms. The fourth-order valence-corrected chi connectivity index (χ4v) is 5.69. The smallest absolute Gasteiger partial charge is 0.251 e. The van der Waals surface area contributed by atoms with Crippen molar-refractivity contribution in [2.24, 2.45) is 5.92 Å². The highest BCUT2D eigenvalue weighted by atomic mass is 32.2. The Balaban J connectivity index is 1.98. The number of hydrogen-bond donors (Lipinski definition) is 3. The van der Waals surface area contributed by atoms with Gasteiger partial charge < -0.3 is 16.2 Å². The number of aliphatic hydroxyl groups is 1. The first-order chi connectivity index (χ1) is 14.9. The van der Waals surface area contributed by atoms with Crippen molar-refractivity contribution in [2.75, 3.05) is 23.9 Å². The van der Waals surface area contributed by atoms with Crippen molar-refractivity contribution in [1.29, 1.82) is 0 Å². The Morgan fingerprint density at radius 1 is 1.09 bits per heavy atom. The van der Waals surface area contributed by atoms with Crippen molar-refractivity contribution >= 4 is 52.3 Å². The van der Waals surface area contributed by atoms with Crippen molar-refractivity contribution in [3.8, 4) is 0 Å². The highest BCUT2D eigenvalue weighted by Gasteiger charge is 2.24. The molecule has 0 fully saturated rings. The molecule has 32 heavy (non-hydrogen) atoms. The summed E-state index contributed by atoms with van der Waals surface area (Å²) >= 11 is 1.12. The van der Waals surface area contributed by atoms with E-state index in [2.05, 4.69) is 20.3 Å². The van der Waals surface area contributed by atoms with Gasteiger partial charge in [-0.25, -0.2) is 21.8 Å². The average Bonchev–Trinajstić information content (AvgIpc) is 3.07. The second-order valence-electron chi connectivity index (χ2n) is 7.89. The Morgan fingerprint density at radius 3 is 2.31 bits per heavy atom. The molecule has 0 aliphatic heterocycles. The van der Waals surface area contributed by atoms with E-state index in [9.17, 15) is 21.9 Å². The molecule has 3 rings (SSSR count). The van der Waals surface area contributed by atoms with Crippen LogP contribution < -0.4 is 11.1 Å². The van der Waals surface area contributed by atoms with Crippen LogP contribution in [-0.2, 0) is 25.4 Å². The summed E-state index contributed by atoms with van der Waals surface area (Å²) in [6.07, 6.45) is 1.72. The number of aromatic nitrogens is 3. The maximum atomic E-state index is 13.0. The summed E-state index contributed by atoms with van der Waals surface area (Å²) in [6.45, 7) is 3.86. The summed E-state index contributed by atoms with van der Waals surface area (Å²) in [6, 6.07) is 5.26. The van der Waals surface area contributed by atoms with E-state index in [1.165, 1.54) is 24.3 Å². The quantitative estimate of drug-likeness (QED) is 0.370. The highest BCUT2D eigenvalue weighted by molar-refractivity contribution is 7.91. The third-order valence-corrected chi connectivity index (χ3v) is 8.01. The second kappa shape index (κ2) is 9.25. The number of nitrogens with two attached hydrogens (primary N) is 1. The first-order valence-electron chi connectivity index (χ1n) is 9.72. The molecule has 10 nitrogen and oxygen atoms in total. The molecule has 0 radical (unpaired) electrons. The number of thiazole rings is 1. The molecule has 0 aliphatic carbocycles. The molecule has 3 aromatic rings. The zero-order chi connectivity index (χ0) is 23.7. The molecule has 1 atom stereocenters. The largest absolute Gasteiger partial charge is 0.394 e. The maximum absolute atomic E-state index is 13.0. The fraction of sp³-hybridized carbons (Fsp3) is 0.421. The standard InChI is InChI=1S/C19H25N5O5S3/c1-11(2)8-13(9-25)21-16-15-17(22-18(20)30-15)24-19(23-16)32(28,29)10-12-4-6-14(7-5-12)31(3,26)27/h4-7,11,13,25H,8-10H2,1-3H3,(H3,20,21,22,23,24)/t13-/m1/s1. The average molecular weight is 500 g/mol. The Morgan fingerprint density at radius 2 is 1.75 bits per heavy atom. The molecule has 4 N–H and O–H groups in total. The third-order valence-electron chi connectivity index (χ3n) is 4.55. The van der Waals surface area contributed by atoms with Crippen LogP contribution in [0, 0.1) is 5.92 Å². The second-order valence-corrected chi connectivity index (χ2v) is 12.8. The molecule has 2 heterocycles. The number of nitrogens with one attached hydrogen (secondary N) is 1. The van der Waals surface area contributed by atoms with Crippen molar-refractivity contribution in [3.63, 3.8) is 0 Å². The maximum Gasteiger partial charge on any atom is 0.251 e. The topological polar surface area (TPSA) is 165 Å². The first kappa shape index (κ1) is 24.3. The SMILES string of the molecule is CC(C)C[C@H](CO)Nc1nc(S(=O)(=O)Cc2ccc(S(C)(=O)=O)cc2)nc2nc(N)sc12. The summed E-state index contributed by atoms with van der Waals surface area (Å²) in [5, 5.41) is 12.6. The highest BCUT2D eigenvalue weighted by Crippen LogP contribution is 2.31. The predicted molar refractivity (Wildman–Crippen MR) is 124 cm³/mol. The van der Waals surface area contributed by atoms with Crippen LogP contribution in [0.3, 0.4) is 0 Å². The van der Waals surface area contributed by atoms with Crippen LogP contribution in [0.2, 0.25) is 0 Å². The van der Waals surface area contributed by atoms with Crippen LogP contribution >= 0.6 is 11.3 Å². The van der Waals surface area contributed by atoms with Crippen LogP contribution in [0.25, 0.3) is 10.3 Å². The Labute approximate surface area is 190 Å². The van der Waals surface area contributed by atoms with Gasteiger partial charge in [-0.15, -0.1) is 0 Å². The molecule has 0 unspecified atom stereocenters. The monoisotopic (exact) mass is 499 g/mol. The zero-order valence-electron chi connectivity index (χ0n) is 17.8. The summed E-state index contributed by atoms with van der Waals surface area (Å²) in [7, 11) is -7.37. The van der Waals surface area contributed by atoms with Crippen molar-refractivity contribution in [2.45, 2.75) is 42.1 Å². The van der Waals surface area contributed by atoms with E-state index in [4.69, 9.17) is 5.73 Å². The minimum Gasteiger partial charge on any atom is -0.394 e. The van der Waals surface area contributed by atoms with E-state index in [0.29, 0.717) is 22.6 Å². The van der Waals surface area contributed by atoms with Crippen LogP contribution in [-0.4, -0.2) is 55.8 Å². The number of rotatable bonds is 9. The summed E-state index contributed by atoms with van der Waals surface area (Å²) < 4.78 is 49.8. The molecule has 0 saturated heterocycles. The van der Waals surface area contributed by atoms with Gasteiger partial charge in [0.1, 0.15) is 4.70 Å². The number of hydrogen-bond acceptors (Lipinski definition) is 11. The normalized spacial score (nSPS) is 13.5. The van der Waals surface area contributed by atoms with Gasteiger partial charge in [0.2, 0.25) is 9.84 Å². The van der Waals surface area contributed by atoms with E-state index < -0.39 is 30.6 Å². The summed E-state index contributed by atoms with van der Waals surface area (Å²) in [5.41, 5.74) is 6.34. The van der Waals surface area contributed by atoms with Crippen LogP contribution in [0.4, 0.5) is 10.9 Å². The lowest BCUT2D eigenvalue weighted by Gasteiger charge is -2.19. The molecule has 0 amide bonds. The molecular weight excluding hydrogens is 474 g/mol. The summed E-state index contributed by atoms with van der Waals surface area (Å²) in [5.74, 6) is 0.119. The van der Waals surface area contributed by atoms with E-state index >= 15 is 0 Å². The number of aliphatic hydroxyl groups excluding tert-OH is 1. The van der Waals surface area contributed by atoms with Gasteiger partial charge in [0.15, 0.2) is 26.4 Å². The molecule has 0 spiro atoms. The Kier molecular flexibility index (Phi) is 7.03. The molecular formula is C19H25N5O5S3. The van der Waals surface area contributed by atoms with Gasteiger partial charge in [0.05, 0.1) is 23.3 Å². The number of anilines is 2. The van der Waals surface area contributed by atoms with Crippen molar-refractivity contribution in [1.82, 2.24) is 15.0 Å². The van der Waals surface area contributed by atoms with Crippen LogP contribution in [0.1, 0.15) is 25.8 Å². The van der Waals surface area contributed by atoms with E-state index in [1.54, 1.807) is 0 Å². The van der Waals surface area contributed by atoms with Gasteiger partial charge in [0, 0.05) is 6.26 Å².